The number of hydrogen-bond acceptors (Lipinski definition) is 4. The van der Waals surface area contributed by atoms with Crippen molar-refractivity contribution in [3.8, 4) is 5.75 Å². The van der Waals surface area contributed by atoms with Gasteiger partial charge in [0.1, 0.15) is 5.75 Å². The average Bonchev–Trinajstić information content (AvgIpc) is 2.65. The predicted octanol–water partition coefficient (Wildman–Crippen LogP) is 1.16. The van der Waals surface area contributed by atoms with Crippen LogP contribution < -0.4 is 4.74 Å². The van der Waals surface area contributed by atoms with Gasteiger partial charge in [0.2, 0.25) is 10.0 Å². The molecule has 0 saturated carbocycles. The molecule has 5 nitrogen and oxygen atoms in total. The van der Waals surface area contributed by atoms with Gasteiger partial charge < -0.3 is 4.74 Å². The quantitative estimate of drug-likeness (QED) is 0.837. The highest BCUT2D eigenvalue weighted by Gasteiger charge is 2.21. The van der Waals surface area contributed by atoms with Gasteiger partial charge in [0.25, 0.3) is 0 Å². The number of sulfonamides is 1. The minimum atomic E-state index is -3.06. The molecule has 1 aromatic carbocycles. The maximum atomic E-state index is 11.6. The second-order valence-corrected chi connectivity index (χ2v) is 7.12. The zero-order chi connectivity index (χ0) is 14.6. The minimum absolute atomic E-state index is 0.578. The second kappa shape index (κ2) is 6.56. The first-order valence-corrected chi connectivity index (χ1v) is 8.64. The predicted molar refractivity (Wildman–Crippen MR) is 79.3 cm³/mol. The van der Waals surface area contributed by atoms with Crippen LogP contribution in [0.5, 0.6) is 5.75 Å². The largest absolute Gasteiger partial charge is 0.497 e. The number of ether oxygens (including phenoxy) is 1. The van der Waals surface area contributed by atoms with E-state index in [1.807, 2.05) is 12.1 Å². The summed E-state index contributed by atoms with van der Waals surface area (Å²) >= 11 is 0. The third-order valence-corrected chi connectivity index (χ3v) is 4.88. The Bertz CT molecular complexity index is 528. The Hall–Kier alpha value is -1.11. The first-order valence-electron chi connectivity index (χ1n) is 6.79. The van der Waals surface area contributed by atoms with E-state index >= 15 is 0 Å². The summed E-state index contributed by atoms with van der Waals surface area (Å²) < 4.78 is 29.9. The van der Waals surface area contributed by atoms with E-state index in [9.17, 15) is 8.42 Å². The summed E-state index contributed by atoms with van der Waals surface area (Å²) in [7, 11) is -1.41. The molecule has 20 heavy (non-hydrogen) atoms. The Kier molecular flexibility index (Phi) is 5.01. The fraction of sp³-hybridized carbons (Fsp3) is 0.571. The lowest BCUT2D eigenvalue weighted by Crippen LogP contribution is -2.34. The molecule has 6 heteroatoms. The molecule has 0 bridgehead atoms. The van der Waals surface area contributed by atoms with Gasteiger partial charge in [0, 0.05) is 26.2 Å². The van der Waals surface area contributed by atoms with Crippen molar-refractivity contribution in [2.45, 2.75) is 13.0 Å². The van der Waals surface area contributed by atoms with Crippen molar-refractivity contribution in [2.24, 2.45) is 0 Å². The Morgan fingerprint density at radius 2 is 1.80 bits per heavy atom. The summed E-state index contributed by atoms with van der Waals surface area (Å²) in [6.45, 7) is 3.76. The number of methoxy groups -OCH3 is 1. The third-order valence-electron chi connectivity index (χ3n) is 3.58. The van der Waals surface area contributed by atoms with Gasteiger partial charge in [-0.05, 0) is 30.7 Å². The van der Waals surface area contributed by atoms with Crippen LogP contribution in [0.25, 0.3) is 0 Å². The van der Waals surface area contributed by atoms with Crippen LogP contribution >= 0.6 is 0 Å². The van der Waals surface area contributed by atoms with E-state index in [1.54, 1.807) is 11.4 Å². The fourth-order valence-corrected chi connectivity index (χ4v) is 3.30. The summed E-state index contributed by atoms with van der Waals surface area (Å²) in [6.07, 6.45) is 2.16. The molecule has 0 N–H and O–H groups in total. The lowest BCUT2D eigenvalue weighted by atomic mass is 10.2. The highest BCUT2D eigenvalue weighted by molar-refractivity contribution is 7.88. The van der Waals surface area contributed by atoms with Gasteiger partial charge in [0.05, 0.1) is 13.4 Å². The fourth-order valence-electron chi connectivity index (χ4n) is 2.43. The molecule has 1 heterocycles. The normalized spacial score (nSPS) is 18.7. The molecule has 1 aliphatic heterocycles. The highest BCUT2D eigenvalue weighted by atomic mass is 32.2. The van der Waals surface area contributed by atoms with Crippen molar-refractivity contribution >= 4 is 10.0 Å². The topological polar surface area (TPSA) is 49.9 Å². The van der Waals surface area contributed by atoms with Gasteiger partial charge in [0.15, 0.2) is 0 Å². The second-order valence-electron chi connectivity index (χ2n) is 5.14. The zero-order valence-corrected chi connectivity index (χ0v) is 12.9. The molecule has 112 valence electrons. The summed E-state index contributed by atoms with van der Waals surface area (Å²) in [5.74, 6) is 0.855. The van der Waals surface area contributed by atoms with Crippen LogP contribution in [0.3, 0.4) is 0 Å². The molecule has 1 aliphatic rings. The maximum Gasteiger partial charge on any atom is 0.211 e. The average molecular weight is 298 g/mol. The van der Waals surface area contributed by atoms with Gasteiger partial charge in [-0.3, -0.25) is 4.90 Å². The van der Waals surface area contributed by atoms with Crippen LogP contribution in [0.1, 0.15) is 12.0 Å². The Morgan fingerprint density at radius 1 is 1.10 bits per heavy atom. The van der Waals surface area contributed by atoms with Crippen LogP contribution in [0.4, 0.5) is 0 Å². The molecular weight excluding hydrogens is 276 g/mol. The highest BCUT2D eigenvalue weighted by Crippen LogP contribution is 2.14. The Balaban J connectivity index is 1.93. The van der Waals surface area contributed by atoms with E-state index in [2.05, 4.69) is 17.0 Å². The monoisotopic (exact) mass is 298 g/mol. The smallest absolute Gasteiger partial charge is 0.211 e. The van der Waals surface area contributed by atoms with Crippen molar-refractivity contribution in [1.82, 2.24) is 9.21 Å². The van der Waals surface area contributed by atoms with E-state index in [1.165, 1.54) is 11.8 Å². The summed E-state index contributed by atoms with van der Waals surface area (Å²) in [6, 6.07) is 8.02. The number of rotatable bonds is 4. The van der Waals surface area contributed by atoms with Gasteiger partial charge in [-0.25, -0.2) is 12.7 Å². The third kappa shape index (κ3) is 4.19. The van der Waals surface area contributed by atoms with E-state index in [0.717, 1.165) is 31.8 Å². The van der Waals surface area contributed by atoms with Crippen molar-refractivity contribution in [1.29, 1.82) is 0 Å². The SMILES string of the molecule is COc1ccc(CN2CCCN(S(C)(=O)=O)CC2)cc1. The van der Waals surface area contributed by atoms with Gasteiger partial charge in [-0.1, -0.05) is 12.1 Å². The van der Waals surface area contributed by atoms with E-state index in [0.29, 0.717) is 13.1 Å². The Labute approximate surface area is 121 Å². The van der Waals surface area contributed by atoms with Crippen molar-refractivity contribution in [3.05, 3.63) is 29.8 Å². The molecule has 0 unspecified atom stereocenters. The van der Waals surface area contributed by atoms with E-state index in [-0.39, 0.29) is 0 Å². The van der Waals surface area contributed by atoms with Crippen molar-refractivity contribution in [2.75, 3.05) is 39.5 Å². The lowest BCUT2D eigenvalue weighted by molar-refractivity contribution is 0.278. The van der Waals surface area contributed by atoms with Crippen molar-refractivity contribution in [3.63, 3.8) is 0 Å². The summed E-state index contributed by atoms with van der Waals surface area (Å²) in [5.41, 5.74) is 1.22. The van der Waals surface area contributed by atoms with Gasteiger partial charge in [-0.2, -0.15) is 0 Å². The number of hydrogen-bond donors (Lipinski definition) is 0. The van der Waals surface area contributed by atoms with Gasteiger partial charge >= 0.3 is 0 Å². The van der Waals surface area contributed by atoms with Crippen LogP contribution in [-0.4, -0.2) is 57.2 Å². The lowest BCUT2D eigenvalue weighted by Gasteiger charge is -2.20. The molecule has 1 aromatic rings. The first-order chi connectivity index (χ1) is 9.49. The molecule has 1 fully saturated rings. The molecule has 0 aromatic heterocycles. The maximum absolute atomic E-state index is 11.6. The molecule has 2 rings (SSSR count). The van der Waals surface area contributed by atoms with Gasteiger partial charge in [-0.15, -0.1) is 0 Å². The summed E-state index contributed by atoms with van der Waals surface area (Å²) in [4.78, 5) is 2.30. The number of nitrogens with zero attached hydrogens (tertiary/aromatic N) is 2. The number of benzene rings is 1. The Morgan fingerprint density at radius 3 is 2.40 bits per heavy atom. The van der Waals surface area contributed by atoms with Crippen LogP contribution in [0.2, 0.25) is 0 Å². The van der Waals surface area contributed by atoms with Crippen molar-refractivity contribution < 1.29 is 13.2 Å². The molecule has 1 saturated heterocycles. The van der Waals surface area contributed by atoms with Crippen LogP contribution in [-0.2, 0) is 16.6 Å². The first kappa shape index (κ1) is 15.3. The van der Waals surface area contributed by atoms with Crippen LogP contribution in [0.15, 0.2) is 24.3 Å². The van der Waals surface area contributed by atoms with Crippen LogP contribution in [0, 0.1) is 0 Å². The molecule has 0 atom stereocenters. The molecule has 0 amide bonds. The molecular formula is C14H22N2O3S. The van der Waals surface area contributed by atoms with E-state index < -0.39 is 10.0 Å². The summed E-state index contributed by atoms with van der Waals surface area (Å²) in [5, 5.41) is 0. The van der Waals surface area contributed by atoms with E-state index in [4.69, 9.17) is 4.74 Å². The molecule has 0 aliphatic carbocycles. The minimum Gasteiger partial charge on any atom is -0.497 e. The zero-order valence-electron chi connectivity index (χ0n) is 12.1. The standard InChI is InChI=1S/C14H22N2O3S/c1-19-14-6-4-13(5-7-14)12-15-8-3-9-16(11-10-15)20(2,17)18/h4-7H,3,8-12H2,1-2H3. The molecule has 0 spiro atoms. The molecule has 0 radical (unpaired) electrons.